The Bertz CT molecular complexity index is 1130. The molecule has 4 rings (SSSR count). The third-order valence-corrected chi connectivity index (χ3v) is 7.03. The van der Waals surface area contributed by atoms with Gasteiger partial charge in [-0.3, -0.25) is 0 Å². The van der Waals surface area contributed by atoms with Gasteiger partial charge in [0.1, 0.15) is 12.4 Å². The number of nitrogens with zero attached hydrogens (tertiary/aromatic N) is 4. The van der Waals surface area contributed by atoms with Crippen molar-refractivity contribution in [1.29, 1.82) is 0 Å². The van der Waals surface area contributed by atoms with Crippen LogP contribution in [0.4, 0.5) is 11.6 Å². The van der Waals surface area contributed by atoms with E-state index < -0.39 is 10.0 Å². The summed E-state index contributed by atoms with van der Waals surface area (Å²) in [5.41, 5.74) is 1.44. The highest BCUT2D eigenvalue weighted by molar-refractivity contribution is 7.92. The summed E-state index contributed by atoms with van der Waals surface area (Å²) >= 11 is 0. The van der Waals surface area contributed by atoms with Crippen LogP contribution in [0.1, 0.15) is 32.6 Å². The van der Waals surface area contributed by atoms with Crippen LogP contribution in [0, 0.1) is 0 Å². The van der Waals surface area contributed by atoms with E-state index in [0.29, 0.717) is 22.9 Å². The lowest BCUT2D eigenvalue weighted by atomic mass is 10.2. The molecule has 0 aliphatic carbocycles. The lowest BCUT2D eigenvalue weighted by Crippen LogP contribution is -2.36. The normalized spacial score (nSPS) is 13.7. The topological polar surface area (TPSA) is 75.6 Å². The highest BCUT2D eigenvalue weighted by Crippen LogP contribution is 2.38. The molecular weight excluding hydrogens is 400 g/mol. The van der Waals surface area contributed by atoms with E-state index in [-0.39, 0.29) is 11.6 Å². The molecule has 0 bridgehead atoms. The van der Waals surface area contributed by atoms with Crippen LogP contribution in [0.25, 0.3) is 11.0 Å². The zero-order valence-corrected chi connectivity index (χ0v) is 18.1. The first kappa shape index (κ1) is 20.4. The summed E-state index contributed by atoms with van der Waals surface area (Å²) in [6.07, 6.45) is 4.41. The summed E-state index contributed by atoms with van der Waals surface area (Å²) in [6.45, 7) is 3.13. The highest BCUT2D eigenvalue weighted by Gasteiger charge is 2.37. The molecule has 0 N–H and O–H groups in total. The number of unbranched alkanes of at least 4 members (excludes halogenated alkanes) is 3. The van der Waals surface area contributed by atoms with E-state index in [1.54, 1.807) is 31.4 Å². The lowest BCUT2D eigenvalue weighted by Gasteiger charge is -2.20. The Morgan fingerprint density at radius 3 is 2.23 bits per heavy atom. The predicted molar refractivity (Wildman–Crippen MR) is 119 cm³/mol. The maximum absolute atomic E-state index is 13.4. The van der Waals surface area contributed by atoms with Crippen molar-refractivity contribution >= 4 is 32.7 Å². The Labute approximate surface area is 177 Å². The number of anilines is 2. The first-order valence-corrected chi connectivity index (χ1v) is 11.7. The Hall–Kier alpha value is -2.87. The van der Waals surface area contributed by atoms with Crippen LogP contribution >= 0.6 is 0 Å². The van der Waals surface area contributed by atoms with Gasteiger partial charge >= 0.3 is 0 Å². The fourth-order valence-electron chi connectivity index (χ4n) is 3.62. The fraction of sp³-hybridized carbons (Fsp3) is 0.364. The Morgan fingerprint density at radius 1 is 0.933 bits per heavy atom. The maximum atomic E-state index is 13.4. The van der Waals surface area contributed by atoms with Crippen LogP contribution in [0.2, 0.25) is 0 Å². The van der Waals surface area contributed by atoms with Gasteiger partial charge in [0.15, 0.2) is 11.6 Å². The summed E-state index contributed by atoms with van der Waals surface area (Å²) in [7, 11) is -2.23. The molecule has 0 saturated carbocycles. The molecule has 2 aromatic carbocycles. The number of para-hydroxylation sites is 2. The smallest absolute Gasteiger partial charge is 0.267 e. The molecule has 7 nitrogen and oxygen atoms in total. The molecule has 3 aromatic rings. The van der Waals surface area contributed by atoms with Crippen molar-refractivity contribution in [2.75, 3.05) is 29.5 Å². The SMILES string of the molecule is CCCCCCN1CN(S(=O)(=O)c2ccc(OC)cc2)c2nc3ccccc3nc21. The number of ether oxygens (including phenoxy) is 1. The van der Waals surface area contributed by atoms with Crippen LogP contribution in [0.15, 0.2) is 53.4 Å². The van der Waals surface area contributed by atoms with E-state index in [4.69, 9.17) is 9.72 Å². The monoisotopic (exact) mass is 426 g/mol. The minimum Gasteiger partial charge on any atom is -0.497 e. The van der Waals surface area contributed by atoms with Crippen molar-refractivity contribution in [2.24, 2.45) is 0 Å². The van der Waals surface area contributed by atoms with Crippen molar-refractivity contribution < 1.29 is 13.2 Å². The fourth-order valence-corrected chi connectivity index (χ4v) is 5.00. The number of methoxy groups -OCH3 is 1. The van der Waals surface area contributed by atoms with Gasteiger partial charge in [-0.2, -0.15) is 0 Å². The first-order chi connectivity index (χ1) is 14.5. The Morgan fingerprint density at radius 2 is 1.60 bits per heavy atom. The minimum absolute atomic E-state index is 0.206. The van der Waals surface area contributed by atoms with Crippen molar-refractivity contribution in [1.82, 2.24) is 9.97 Å². The molecule has 0 atom stereocenters. The average molecular weight is 427 g/mol. The van der Waals surface area contributed by atoms with Gasteiger partial charge in [-0.25, -0.2) is 22.7 Å². The molecule has 8 heteroatoms. The summed E-state index contributed by atoms with van der Waals surface area (Å²) in [5, 5.41) is 0. The number of fused-ring (bicyclic) bond motifs is 2. The van der Waals surface area contributed by atoms with E-state index in [9.17, 15) is 8.42 Å². The zero-order chi connectivity index (χ0) is 21.1. The van der Waals surface area contributed by atoms with E-state index in [1.165, 1.54) is 4.31 Å². The Balaban J connectivity index is 1.72. The molecule has 30 heavy (non-hydrogen) atoms. The van der Waals surface area contributed by atoms with Gasteiger partial charge in [-0.15, -0.1) is 0 Å². The Kier molecular flexibility index (Phi) is 5.76. The summed E-state index contributed by atoms with van der Waals surface area (Å²) in [6, 6.07) is 14.0. The average Bonchev–Trinajstić information content (AvgIpc) is 3.13. The third kappa shape index (κ3) is 3.79. The summed E-state index contributed by atoms with van der Waals surface area (Å²) in [5.74, 6) is 1.63. The van der Waals surface area contributed by atoms with Crippen LogP contribution in [0.3, 0.4) is 0 Å². The maximum Gasteiger partial charge on any atom is 0.267 e. The van der Waals surface area contributed by atoms with Gasteiger partial charge < -0.3 is 9.64 Å². The van der Waals surface area contributed by atoms with Gasteiger partial charge in [-0.05, 0) is 42.8 Å². The largest absolute Gasteiger partial charge is 0.497 e. The van der Waals surface area contributed by atoms with Gasteiger partial charge in [0.05, 0.1) is 23.0 Å². The number of benzene rings is 2. The number of aromatic nitrogens is 2. The van der Waals surface area contributed by atoms with E-state index >= 15 is 0 Å². The zero-order valence-electron chi connectivity index (χ0n) is 17.3. The first-order valence-electron chi connectivity index (χ1n) is 10.2. The lowest BCUT2D eigenvalue weighted by molar-refractivity contribution is 0.414. The second-order valence-electron chi connectivity index (χ2n) is 7.35. The van der Waals surface area contributed by atoms with Crippen molar-refractivity contribution in [3.05, 3.63) is 48.5 Å². The third-order valence-electron chi connectivity index (χ3n) is 5.30. The van der Waals surface area contributed by atoms with Gasteiger partial charge in [0, 0.05) is 6.54 Å². The molecule has 0 amide bonds. The number of rotatable bonds is 8. The van der Waals surface area contributed by atoms with Crippen LogP contribution in [-0.4, -0.2) is 38.7 Å². The summed E-state index contributed by atoms with van der Waals surface area (Å²) < 4.78 is 33.4. The second kappa shape index (κ2) is 8.47. The number of sulfonamides is 1. The van der Waals surface area contributed by atoms with Crippen LogP contribution in [0.5, 0.6) is 5.75 Å². The summed E-state index contributed by atoms with van der Waals surface area (Å²) in [4.78, 5) is 11.7. The molecule has 0 saturated heterocycles. The predicted octanol–water partition coefficient (Wildman–Crippen LogP) is 4.19. The standard InChI is InChI=1S/C22H26N4O3S/c1-3-4-5-8-15-25-16-26(30(27,28)18-13-11-17(29-2)12-14-18)22-21(25)23-19-9-6-7-10-20(19)24-22/h6-7,9-14H,3-5,8,15-16H2,1-2H3. The molecule has 1 aromatic heterocycles. The molecule has 1 aliphatic heterocycles. The van der Waals surface area contributed by atoms with E-state index in [1.807, 2.05) is 29.2 Å². The molecule has 0 unspecified atom stereocenters. The van der Waals surface area contributed by atoms with Gasteiger partial charge in [0.2, 0.25) is 0 Å². The van der Waals surface area contributed by atoms with E-state index in [0.717, 1.165) is 37.7 Å². The number of hydrogen-bond donors (Lipinski definition) is 0. The van der Waals surface area contributed by atoms with Crippen LogP contribution in [-0.2, 0) is 10.0 Å². The highest BCUT2D eigenvalue weighted by atomic mass is 32.2. The molecule has 2 heterocycles. The quantitative estimate of drug-likeness (QED) is 0.503. The molecule has 0 fully saturated rings. The second-order valence-corrected chi connectivity index (χ2v) is 9.22. The minimum atomic E-state index is -3.78. The van der Waals surface area contributed by atoms with Crippen molar-refractivity contribution in [3.8, 4) is 5.75 Å². The van der Waals surface area contributed by atoms with Gasteiger partial charge in [-0.1, -0.05) is 38.3 Å². The number of hydrogen-bond acceptors (Lipinski definition) is 6. The molecule has 0 spiro atoms. The van der Waals surface area contributed by atoms with E-state index in [2.05, 4.69) is 11.9 Å². The van der Waals surface area contributed by atoms with Crippen molar-refractivity contribution in [2.45, 2.75) is 37.5 Å². The van der Waals surface area contributed by atoms with Gasteiger partial charge in [0.25, 0.3) is 10.0 Å². The molecule has 158 valence electrons. The molecule has 0 radical (unpaired) electrons. The van der Waals surface area contributed by atoms with Crippen molar-refractivity contribution in [3.63, 3.8) is 0 Å². The molecular formula is C22H26N4O3S. The molecule has 1 aliphatic rings. The van der Waals surface area contributed by atoms with Crippen LogP contribution < -0.4 is 13.9 Å².